The molecule has 206 valence electrons. The molecule has 1 aliphatic carbocycles. The monoisotopic (exact) mass is 514 g/mol. The predicted molar refractivity (Wildman–Crippen MR) is 146 cm³/mol. The Bertz CT molecular complexity index is 817. The van der Waals surface area contributed by atoms with E-state index >= 15 is 0 Å². The molecule has 1 aliphatic rings. The minimum atomic E-state index is -0.601. The molecule has 0 saturated heterocycles. The highest BCUT2D eigenvalue weighted by Crippen LogP contribution is 2.38. The molecule has 6 nitrogen and oxygen atoms in total. The van der Waals surface area contributed by atoms with Gasteiger partial charge in [-0.05, 0) is 73.8 Å². The van der Waals surface area contributed by atoms with Crippen LogP contribution in [0.2, 0.25) is 0 Å². The van der Waals surface area contributed by atoms with E-state index in [1.165, 1.54) is 62.5 Å². The minimum Gasteiger partial charge on any atom is -0.462 e. The van der Waals surface area contributed by atoms with E-state index in [-0.39, 0.29) is 30.3 Å². The minimum absolute atomic E-state index is 0.0265. The summed E-state index contributed by atoms with van der Waals surface area (Å²) in [5.41, 5.74) is 2.66. The van der Waals surface area contributed by atoms with Gasteiger partial charge in [0.25, 0.3) is 0 Å². The van der Waals surface area contributed by atoms with Crippen LogP contribution in [0.4, 0.5) is 0 Å². The number of hydrogen-bond acceptors (Lipinski definition) is 6. The van der Waals surface area contributed by atoms with Gasteiger partial charge in [-0.15, -0.1) is 0 Å². The van der Waals surface area contributed by atoms with Gasteiger partial charge >= 0.3 is 11.9 Å². The number of aliphatic hydroxyl groups excluding tert-OH is 2. The highest BCUT2D eigenvalue weighted by atomic mass is 16.5. The van der Waals surface area contributed by atoms with Crippen molar-refractivity contribution >= 4 is 11.9 Å². The fraction of sp³-hybridized carbons (Fsp3) is 0.613. The molecule has 1 aromatic carbocycles. The quantitative estimate of drug-likeness (QED) is 0.158. The van der Waals surface area contributed by atoms with Crippen molar-refractivity contribution in [2.75, 3.05) is 26.4 Å². The fourth-order valence-corrected chi connectivity index (χ4v) is 5.04. The molecule has 0 spiro atoms. The van der Waals surface area contributed by atoms with Crippen LogP contribution in [0.15, 0.2) is 48.6 Å². The summed E-state index contributed by atoms with van der Waals surface area (Å²) >= 11 is 0. The van der Waals surface area contributed by atoms with Gasteiger partial charge < -0.3 is 19.7 Å². The van der Waals surface area contributed by atoms with Gasteiger partial charge in [0, 0.05) is 0 Å². The molecule has 1 aromatic rings. The van der Waals surface area contributed by atoms with Gasteiger partial charge in [0.1, 0.15) is 0 Å². The van der Waals surface area contributed by atoms with E-state index in [2.05, 4.69) is 44.3 Å². The van der Waals surface area contributed by atoms with E-state index in [4.69, 9.17) is 19.7 Å². The number of benzene rings is 1. The van der Waals surface area contributed by atoms with Crippen molar-refractivity contribution in [3.63, 3.8) is 0 Å². The number of hydrogen-bond donors (Lipinski definition) is 2. The van der Waals surface area contributed by atoms with Crippen molar-refractivity contribution in [2.24, 2.45) is 11.8 Å². The van der Waals surface area contributed by atoms with E-state index in [0.717, 1.165) is 12.3 Å². The smallest absolute Gasteiger partial charge is 0.335 e. The lowest BCUT2D eigenvalue weighted by atomic mass is 9.77. The molecule has 0 heterocycles. The zero-order valence-electron chi connectivity index (χ0n) is 22.6. The Labute approximate surface area is 222 Å². The van der Waals surface area contributed by atoms with Gasteiger partial charge in [-0.1, -0.05) is 70.0 Å². The second kappa shape index (κ2) is 17.1. The third-order valence-corrected chi connectivity index (χ3v) is 7.52. The zero-order chi connectivity index (χ0) is 27.0. The molecule has 6 heteroatoms. The number of aliphatic hydroxyl groups is 2. The maximum absolute atomic E-state index is 11.8. The molecular formula is C31H46O6. The first-order valence-electron chi connectivity index (χ1n) is 13.9. The maximum Gasteiger partial charge on any atom is 0.335 e. The number of unbranched alkanes of at least 4 members (excludes halogenated alkanes) is 2. The summed E-state index contributed by atoms with van der Waals surface area (Å²) in [7, 11) is 0. The summed E-state index contributed by atoms with van der Waals surface area (Å²) in [6, 6.07) is 8.89. The van der Waals surface area contributed by atoms with Crippen LogP contribution < -0.4 is 0 Å². The summed E-state index contributed by atoms with van der Waals surface area (Å²) in [6.07, 6.45) is 12.5. The van der Waals surface area contributed by atoms with Gasteiger partial charge in [-0.3, -0.25) is 0 Å². The number of esters is 2. The topological polar surface area (TPSA) is 93.1 Å². The van der Waals surface area contributed by atoms with Crippen LogP contribution in [-0.4, -0.2) is 48.6 Å². The Balaban J connectivity index is 1.89. The summed E-state index contributed by atoms with van der Waals surface area (Å²) < 4.78 is 10.5. The van der Waals surface area contributed by atoms with Crippen LogP contribution in [0.5, 0.6) is 0 Å². The van der Waals surface area contributed by atoms with E-state index in [1.54, 1.807) is 0 Å². The average Bonchev–Trinajstić information content (AvgIpc) is 2.92. The molecule has 0 amide bonds. The van der Waals surface area contributed by atoms with E-state index in [9.17, 15) is 9.59 Å². The normalized spacial score (nSPS) is 17.4. The molecule has 37 heavy (non-hydrogen) atoms. The first kappa shape index (κ1) is 30.8. The molecule has 2 rings (SSSR count). The van der Waals surface area contributed by atoms with E-state index in [0.29, 0.717) is 18.8 Å². The van der Waals surface area contributed by atoms with Gasteiger partial charge in [-0.2, -0.15) is 0 Å². The summed E-state index contributed by atoms with van der Waals surface area (Å²) in [4.78, 5) is 23.6. The van der Waals surface area contributed by atoms with Crippen molar-refractivity contribution in [3.8, 4) is 0 Å². The van der Waals surface area contributed by atoms with Crippen molar-refractivity contribution in [1.82, 2.24) is 0 Å². The highest BCUT2D eigenvalue weighted by Gasteiger charge is 2.22. The highest BCUT2D eigenvalue weighted by molar-refractivity contribution is 5.88. The Morgan fingerprint density at radius 3 is 1.92 bits per heavy atom. The number of ether oxygens (including phenoxy) is 2. The Kier molecular flexibility index (Phi) is 14.3. The third kappa shape index (κ3) is 11.2. The molecular weight excluding hydrogens is 468 g/mol. The third-order valence-electron chi connectivity index (χ3n) is 7.52. The molecule has 0 radical (unpaired) electrons. The second-order valence-corrected chi connectivity index (χ2v) is 10.4. The van der Waals surface area contributed by atoms with Gasteiger partial charge in [0.05, 0.1) is 37.6 Å². The van der Waals surface area contributed by atoms with E-state index in [1.807, 2.05) is 0 Å². The van der Waals surface area contributed by atoms with Crippen LogP contribution >= 0.6 is 0 Å². The molecule has 0 bridgehead atoms. The van der Waals surface area contributed by atoms with Gasteiger partial charge in [0.15, 0.2) is 0 Å². The summed E-state index contributed by atoms with van der Waals surface area (Å²) in [5, 5.41) is 18.1. The average molecular weight is 515 g/mol. The molecule has 0 unspecified atom stereocenters. The summed E-state index contributed by atoms with van der Waals surface area (Å²) in [5.74, 6) is 0.461. The number of carbonyl (C=O) groups excluding carboxylic acids is 2. The maximum atomic E-state index is 11.8. The van der Waals surface area contributed by atoms with Crippen molar-refractivity contribution < 1.29 is 29.3 Å². The number of rotatable bonds is 17. The number of carbonyl (C=O) groups is 2. The summed E-state index contributed by atoms with van der Waals surface area (Å²) in [6.45, 7) is 8.77. The lowest BCUT2D eigenvalue weighted by molar-refractivity contribution is -0.139. The van der Waals surface area contributed by atoms with Crippen molar-refractivity contribution in [3.05, 3.63) is 59.7 Å². The van der Waals surface area contributed by atoms with Crippen LogP contribution in [0.1, 0.15) is 88.2 Å². The Hall–Kier alpha value is -2.44. The zero-order valence-corrected chi connectivity index (χ0v) is 22.6. The molecule has 0 atom stereocenters. The van der Waals surface area contributed by atoms with Crippen LogP contribution in [0.3, 0.4) is 0 Å². The molecule has 2 N–H and O–H groups in total. The first-order valence-corrected chi connectivity index (χ1v) is 13.9. The molecule has 0 aliphatic heterocycles. The predicted octanol–water partition coefficient (Wildman–Crippen LogP) is 5.66. The van der Waals surface area contributed by atoms with Crippen LogP contribution in [-0.2, 0) is 25.5 Å². The van der Waals surface area contributed by atoms with Gasteiger partial charge in [-0.25, -0.2) is 9.59 Å². The Morgan fingerprint density at radius 2 is 1.43 bits per heavy atom. The van der Waals surface area contributed by atoms with Crippen molar-refractivity contribution in [1.29, 1.82) is 0 Å². The Morgan fingerprint density at radius 1 is 0.892 bits per heavy atom. The largest absolute Gasteiger partial charge is 0.462 e. The molecule has 1 fully saturated rings. The van der Waals surface area contributed by atoms with Crippen LogP contribution in [0, 0.1) is 11.8 Å². The van der Waals surface area contributed by atoms with Crippen molar-refractivity contribution in [2.45, 2.75) is 83.5 Å². The fourth-order valence-electron chi connectivity index (χ4n) is 5.04. The lowest BCUT2D eigenvalue weighted by Gasteiger charge is -2.29. The lowest BCUT2D eigenvalue weighted by Crippen LogP contribution is -2.17. The standard InChI is InChI=1S/C31H46O6/c1-4-5-6-7-25-8-12-28(13-9-25)29-14-10-26(11-15-29)20-27(16-18-36-30(34)23(2)21-32)17-19-37-31(35)24(3)22-33/h10-11,14-15,25,27-28,32-33H,2-9,12-13,16-22H2,1H3. The van der Waals surface area contributed by atoms with E-state index < -0.39 is 25.2 Å². The molecule has 0 aromatic heterocycles. The second-order valence-electron chi connectivity index (χ2n) is 10.4. The molecule has 1 saturated carbocycles. The van der Waals surface area contributed by atoms with Crippen LogP contribution in [0.25, 0.3) is 0 Å². The SMILES string of the molecule is C=C(CO)C(=O)OCCC(CCOC(=O)C(=C)CO)Cc1ccc(C2CCC(CCCCC)CC2)cc1. The first-order chi connectivity index (χ1) is 17.9. The van der Waals surface area contributed by atoms with Gasteiger partial charge in [0.2, 0.25) is 0 Å².